The lowest BCUT2D eigenvalue weighted by Gasteiger charge is -2.34. The van der Waals surface area contributed by atoms with Gasteiger partial charge in [0.25, 0.3) is 5.91 Å². The van der Waals surface area contributed by atoms with Crippen molar-refractivity contribution in [3.63, 3.8) is 0 Å². The lowest BCUT2D eigenvalue weighted by molar-refractivity contribution is -0.138. The Hall–Kier alpha value is -1.44. The number of nitrogens with one attached hydrogen (secondary N) is 1. The third kappa shape index (κ3) is 5.80. The van der Waals surface area contributed by atoms with Crippen molar-refractivity contribution < 1.29 is 14.3 Å². The van der Waals surface area contributed by atoms with Gasteiger partial charge in [-0.2, -0.15) is 0 Å². The molecule has 2 amide bonds. The third-order valence-corrected chi connectivity index (χ3v) is 5.13. The standard InChI is InChI=1S/C18H29N3O3S/c1-18(2,19-16(22)15-8-6-12-25-15)17(23)21(10-9-20(3)4)13-14-7-5-11-24-14/h6,8,12,14H,5,7,9-11,13H2,1-4H3,(H,19,22). The normalized spacial score (nSPS) is 17.7. The van der Waals surface area contributed by atoms with Crippen LogP contribution < -0.4 is 5.32 Å². The number of carbonyl (C=O) groups is 2. The first kappa shape index (κ1) is 19.9. The average Bonchev–Trinajstić information content (AvgIpc) is 3.23. The molecule has 0 spiro atoms. The van der Waals surface area contributed by atoms with E-state index in [1.54, 1.807) is 19.9 Å². The maximum atomic E-state index is 13.1. The Morgan fingerprint density at radius 1 is 1.36 bits per heavy atom. The number of hydrogen-bond donors (Lipinski definition) is 1. The minimum Gasteiger partial charge on any atom is -0.376 e. The zero-order chi connectivity index (χ0) is 18.4. The number of nitrogens with zero attached hydrogens (tertiary/aromatic N) is 2. The van der Waals surface area contributed by atoms with Crippen molar-refractivity contribution in [1.82, 2.24) is 15.1 Å². The van der Waals surface area contributed by atoms with Gasteiger partial charge in [0.05, 0.1) is 11.0 Å². The van der Waals surface area contributed by atoms with Gasteiger partial charge < -0.3 is 19.9 Å². The molecule has 1 unspecified atom stereocenters. The monoisotopic (exact) mass is 367 g/mol. The maximum absolute atomic E-state index is 13.1. The molecule has 0 aliphatic carbocycles. The average molecular weight is 368 g/mol. The molecule has 1 aliphatic rings. The van der Waals surface area contributed by atoms with Crippen LogP contribution in [0.4, 0.5) is 0 Å². The van der Waals surface area contributed by atoms with Gasteiger partial charge in [-0.3, -0.25) is 9.59 Å². The van der Waals surface area contributed by atoms with E-state index in [2.05, 4.69) is 5.32 Å². The number of amides is 2. The van der Waals surface area contributed by atoms with E-state index in [1.807, 2.05) is 35.3 Å². The minimum atomic E-state index is -0.966. The summed E-state index contributed by atoms with van der Waals surface area (Å²) in [7, 11) is 3.97. The highest BCUT2D eigenvalue weighted by molar-refractivity contribution is 7.12. The second-order valence-corrected chi connectivity index (χ2v) is 8.19. The Morgan fingerprint density at radius 3 is 2.68 bits per heavy atom. The van der Waals surface area contributed by atoms with Crippen molar-refractivity contribution in [1.29, 1.82) is 0 Å². The molecule has 1 fully saturated rings. The molecule has 1 N–H and O–H groups in total. The van der Waals surface area contributed by atoms with E-state index >= 15 is 0 Å². The van der Waals surface area contributed by atoms with Crippen molar-refractivity contribution in [2.45, 2.75) is 38.3 Å². The molecule has 2 heterocycles. The Balaban J connectivity index is 2.04. The van der Waals surface area contributed by atoms with Crippen molar-refractivity contribution in [3.8, 4) is 0 Å². The molecule has 25 heavy (non-hydrogen) atoms. The quantitative estimate of drug-likeness (QED) is 0.761. The summed E-state index contributed by atoms with van der Waals surface area (Å²) in [5.74, 6) is -0.284. The number of ether oxygens (including phenoxy) is 1. The zero-order valence-electron chi connectivity index (χ0n) is 15.6. The number of likely N-dealkylation sites (N-methyl/N-ethyl adjacent to an activating group) is 1. The predicted octanol–water partition coefficient (Wildman–Crippen LogP) is 1.83. The molecule has 0 bridgehead atoms. The van der Waals surface area contributed by atoms with Crippen LogP contribution in [-0.4, -0.2) is 73.6 Å². The second-order valence-electron chi connectivity index (χ2n) is 7.25. The minimum absolute atomic E-state index is 0.0743. The molecule has 7 heteroatoms. The number of carbonyl (C=O) groups excluding carboxylic acids is 2. The van der Waals surface area contributed by atoms with E-state index in [-0.39, 0.29) is 17.9 Å². The van der Waals surface area contributed by atoms with Crippen LogP contribution in [0.3, 0.4) is 0 Å². The van der Waals surface area contributed by atoms with Crippen molar-refractivity contribution >= 4 is 23.2 Å². The SMILES string of the molecule is CN(C)CCN(CC1CCCO1)C(=O)C(C)(C)NC(=O)c1cccs1. The van der Waals surface area contributed by atoms with Crippen LogP contribution in [0, 0.1) is 0 Å². The zero-order valence-corrected chi connectivity index (χ0v) is 16.4. The molecule has 0 saturated carbocycles. The summed E-state index contributed by atoms with van der Waals surface area (Å²) in [6.45, 7) is 6.25. The fourth-order valence-corrected chi connectivity index (χ4v) is 3.45. The van der Waals surface area contributed by atoms with Gasteiger partial charge in [0.1, 0.15) is 5.54 Å². The predicted molar refractivity (Wildman–Crippen MR) is 100.0 cm³/mol. The van der Waals surface area contributed by atoms with Gasteiger partial charge in [-0.25, -0.2) is 0 Å². The maximum Gasteiger partial charge on any atom is 0.262 e. The molecule has 0 aromatic carbocycles. The summed E-state index contributed by atoms with van der Waals surface area (Å²) in [5, 5.41) is 4.73. The van der Waals surface area contributed by atoms with Crippen LogP contribution in [-0.2, 0) is 9.53 Å². The van der Waals surface area contributed by atoms with Crippen molar-refractivity contribution in [2.75, 3.05) is 40.3 Å². The summed E-state index contributed by atoms with van der Waals surface area (Å²) in [6, 6.07) is 3.59. The highest BCUT2D eigenvalue weighted by Gasteiger charge is 2.35. The van der Waals surface area contributed by atoms with Gasteiger partial charge in [-0.15, -0.1) is 11.3 Å². The Bertz CT molecular complexity index is 566. The summed E-state index contributed by atoms with van der Waals surface area (Å²) in [6.07, 6.45) is 2.11. The summed E-state index contributed by atoms with van der Waals surface area (Å²) in [4.78, 5) is 29.9. The van der Waals surface area contributed by atoms with Gasteiger partial charge in [-0.1, -0.05) is 6.07 Å². The summed E-state index contributed by atoms with van der Waals surface area (Å²) < 4.78 is 5.70. The van der Waals surface area contributed by atoms with Gasteiger partial charge in [0.2, 0.25) is 5.91 Å². The number of hydrogen-bond acceptors (Lipinski definition) is 5. The third-order valence-electron chi connectivity index (χ3n) is 4.26. The Morgan fingerprint density at radius 2 is 2.12 bits per heavy atom. The van der Waals surface area contributed by atoms with E-state index in [0.717, 1.165) is 26.0 Å². The topological polar surface area (TPSA) is 61.9 Å². The summed E-state index contributed by atoms with van der Waals surface area (Å²) in [5.41, 5.74) is -0.966. The lowest BCUT2D eigenvalue weighted by Crippen LogP contribution is -2.57. The number of rotatable bonds is 8. The molecule has 1 aromatic heterocycles. The highest BCUT2D eigenvalue weighted by atomic mass is 32.1. The molecule has 1 atom stereocenters. The first-order valence-corrected chi connectivity index (χ1v) is 9.59. The lowest BCUT2D eigenvalue weighted by atomic mass is 10.0. The fourth-order valence-electron chi connectivity index (χ4n) is 2.83. The highest BCUT2D eigenvalue weighted by Crippen LogP contribution is 2.17. The molecule has 6 nitrogen and oxygen atoms in total. The van der Waals surface area contributed by atoms with E-state index < -0.39 is 5.54 Å². The molecule has 1 aromatic rings. The van der Waals surface area contributed by atoms with Gasteiger partial charge in [-0.05, 0) is 52.2 Å². The van der Waals surface area contributed by atoms with Crippen LogP contribution in [0.15, 0.2) is 17.5 Å². The fraction of sp³-hybridized carbons (Fsp3) is 0.667. The molecular weight excluding hydrogens is 338 g/mol. The Labute approximate surface area is 154 Å². The Kier molecular flexibility index (Phi) is 6.98. The molecule has 140 valence electrons. The van der Waals surface area contributed by atoms with Crippen molar-refractivity contribution in [2.24, 2.45) is 0 Å². The second kappa shape index (κ2) is 8.78. The molecule has 1 aliphatic heterocycles. The molecular formula is C18H29N3O3S. The largest absolute Gasteiger partial charge is 0.376 e. The number of thiophene rings is 1. The molecule has 1 saturated heterocycles. The summed E-state index contributed by atoms with van der Waals surface area (Å²) >= 11 is 1.37. The molecule has 0 radical (unpaired) electrons. The smallest absolute Gasteiger partial charge is 0.262 e. The van der Waals surface area contributed by atoms with Crippen LogP contribution in [0.25, 0.3) is 0 Å². The van der Waals surface area contributed by atoms with Gasteiger partial charge in [0.15, 0.2) is 0 Å². The van der Waals surface area contributed by atoms with E-state index in [0.29, 0.717) is 18.0 Å². The van der Waals surface area contributed by atoms with E-state index in [9.17, 15) is 9.59 Å². The van der Waals surface area contributed by atoms with Gasteiger partial charge in [0, 0.05) is 26.2 Å². The van der Waals surface area contributed by atoms with E-state index in [4.69, 9.17) is 4.74 Å². The van der Waals surface area contributed by atoms with Crippen LogP contribution in [0.1, 0.15) is 36.4 Å². The van der Waals surface area contributed by atoms with Crippen LogP contribution >= 0.6 is 11.3 Å². The van der Waals surface area contributed by atoms with Crippen molar-refractivity contribution in [3.05, 3.63) is 22.4 Å². The van der Waals surface area contributed by atoms with Gasteiger partial charge >= 0.3 is 0 Å². The first-order chi connectivity index (χ1) is 11.8. The van der Waals surface area contributed by atoms with Crippen LogP contribution in [0.5, 0.6) is 0 Å². The van der Waals surface area contributed by atoms with Crippen LogP contribution in [0.2, 0.25) is 0 Å². The first-order valence-electron chi connectivity index (χ1n) is 8.71. The van der Waals surface area contributed by atoms with E-state index in [1.165, 1.54) is 11.3 Å². The molecule has 2 rings (SSSR count).